The summed E-state index contributed by atoms with van der Waals surface area (Å²) >= 11 is 0. The molecule has 2 amide bonds. The Labute approximate surface area is 148 Å². The zero-order chi connectivity index (χ0) is 18.7. The minimum atomic E-state index is -4.41. The Morgan fingerprint density at radius 2 is 1.69 bits per heavy atom. The topological polar surface area (TPSA) is 49.4 Å². The summed E-state index contributed by atoms with van der Waals surface area (Å²) < 4.78 is 37.6. The number of hydrogen-bond acceptors (Lipinski definition) is 2. The molecule has 1 aliphatic rings. The molecule has 136 valence electrons. The number of hydrogen-bond donors (Lipinski definition) is 1. The zero-order valence-corrected chi connectivity index (χ0v) is 13.8. The van der Waals surface area contributed by atoms with Crippen molar-refractivity contribution in [1.82, 2.24) is 4.90 Å². The molecule has 2 aromatic rings. The fraction of sp³-hybridized carbons (Fsp3) is 0.263. The lowest BCUT2D eigenvalue weighted by atomic mass is 10.1. The van der Waals surface area contributed by atoms with Crippen molar-refractivity contribution < 1.29 is 22.8 Å². The van der Waals surface area contributed by atoms with E-state index in [1.54, 1.807) is 29.2 Å². The minimum absolute atomic E-state index is 0.133. The van der Waals surface area contributed by atoms with E-state index in [0.29, 0.717) is 18.5 Å². The van der Waals surface area contributed by atoms with E-state index in [4.69, 9.17) is 0 Å². The lowest BCUT2D eigenvalue weighted by molar-refractivity contribution is -0.137. The van der Waals surface area contributed by atoms with E-state index >= 15 is 0 Å². The second kappa shape index (κ2) is 7.19. The number of amides is 2. The Kier molecular flexibility index (Phi) is 4.97. The molecule has 4 nitrogen and oxygen atoms in total. The summed E-state index contributed by atoms with van der Waals surface area (Å²) in [6, 6.07) is 11.1. The van der Waals surface area contributed by atoms with Gasteiger partial charge in [-0.3, -0.25) is 9.59 Å². The average Bonchev–Trinajstić information content (AvgIpc) is 3.00. The third-order valence-corrected chi connectivity index (χ3v) is 4.23. The number of nitrogens with zero attached hydrogens (tertiary/aromatic N) is 1. The molecular weight excluding hydrogens is 345 g/mol. The molecule has 0 aliphatic carbocycles. The molecule has 0 unspecified atom stereocenters. The van der Waals surface area contributed by atoms with E-state index in [1.807, 2.05) is 0 Å². The van der Waals surface area contributed by atoms with E-state index in [1.165, 1.54) is 12.1 Å². The lowest BCUT2D eigenvalue weighted by Crippen LogP contribution is -2.23. The van der Waals surface area contributed by atoms with Crippen molar-refractivity contribution >= 4 is 17.5 Å². The highest BCUT2D eigenvalue weighted by Gasteiger charge is 2.30. The van der Waals surface area contributed by atoms with Crippen molar-refractivity contribution in [2.75, 3.05) is 11.9 Å². The van der Waals surface area contributed by atoms with Crippen molar-refractivity contribution in [3.63, 3.8) is 0 Å². The van der Waals surface area contributed by atoms with E-state index in [9.17, 15) is 22.8 Å². The van der Waals surface area contributed by atoms with Crippen LogP contribution in [0.5, 0.6) is 0 Å². The van der Waals surface area contributed by atoms with Crippen LogP contribution >= 0.6 is 0 Å². The van der Waals surface area contributed by atoms with Gasteiger partial charge in [0, 0.05) is 30.8 Å². The highest BCUT2D eigenvalue weighted by Crippen LogP contribution is 2.29. The van der Waals surface area contributed by atoms with Gasteiger partial charge in [-0.2, -0.15) is 13.2 Å². The van der Waals surface area contributed by atoms with Crippen molar-refractivity contribution in [3.8, 4) is 0 Å². The third kappa shape index (κ3) is 4.22. The number of halogens is 3. The fourth-order valence-electron chi connectivity index (χ4n) is 2.80. The largest absolute Gasteiger partial charge is 0.416 e. The molecule has 1 saturated heterocycles. The Bertz CT molecular complexity index is 799. The second-order valence-electron chi connectivity index (χ2n) is 6.15. The molecule has 0 atom stereocenters. The van der Waals surface area contributed by atoms with E-state index in [-0.39, 0.29) is 11.6 Å². The van der Waals surface area contributed by atoms with Gasteiger partial charge in [-0.1, -0.05) is 12.1 Å². The summed E-state index contributed by atoms with van der Waals surface area (Å²) in [5.41, 5.74) is 0.832. The van der Waals surface area contributed by atoms with Gasteiger partial charge in [0.05, 0.1) is 5.56 Å². The minimum Gasteiger partial charge on any atom is -0.338 e. The summed E-state index contributed by atoms with van der Waals surface area (Å²) in [6.07, 6.45) is -2.96. The van der Waals surface area contributed by atoms with Gasteiger partial charge in [0.1, 0.15) is 0 Å². The second-order valence-corrected chi connectivity index (χ2v) is 6.15. The maximum atomic E-state index is 12.5. The Morgan fingerprint density at radius 1 is 1.04 bits per heavy atom. The number of rotatable bonds is 4. The Morgan fingerprint density at radius 3 is 2.23 bits per heavy atom. The molecule has 26 heavy (non-hydrogen) atoms. The van der Waals surface area contributed by atoms with Crippen LogP contribution in [0, 0.1) is 0 Å². The van der Waals surface area contributed by atoms with Crippen LogP contribution in [-0.4, -0.2) is 23.3 Å². The van der Waals surface area contributed by atoms with Crippen LogP contribution < -0.4 is 5.32 Å². The Hall–Kier alpha value is -2.83. The fourth-order valence-corrected chi connectivity index (χ4v) is 2.80. The molecule has 1 heterocycles. The first-order valence-corrected chi connectivity index (χ1v) is 8.18. The van der Waals surface area contributed by atoms with E-state index < -0.39 is 17.6 Å². The Balaban J connectivity index is 1.62. The normalized spacial score (nSPS) is 14.6. The van der Waals surface area contributed by atoms with Crippen LogP contribution in [-0.2, 0) is 17.5 Å². The maximum Gasteiger partial charge on any atom is 0.416 e. The van der Waals surface area contributed by atoms with Crippen LogP contribution in [0.25, 0.3) is 0 Å². The zero-order valence-electron chi connectivity index (χ0n) is 13.8. The molecule has 1 fully saturated rings. The van der Waals surface area contributed by atoms with Gasteiger partial charge >= 0.3 is 6.18 Å². The van der Waals surface area contributed by atoms with Crippen LogP contribution in [0.1, 0.15) is 34.3 Å². The molecule has 7 heteroatoms. The first kappa shape index (κ1) is 18.0. The lowest BCUT2D eigenvalue weighted by Gasteiger charge is -2.15. The first-order chi connectivity index (χ1) is 12.3. The monoisotopic (exact) mass is 362 g/mol. The van der Waals surface area contributed by atoms with Gasteiger partial charge in [-0.05, 0) is 48.4 Å². The number of carbonyl (C=O) groups excluding carboxylic acids is 2. The number of likely N-dealkylation sites (tertiary alicyclic amines) is 1. The van der Waals surface area contributed by atoms with Crippen LogP contribution in [0.4, 0.5) is 18.9 Å². The van der Waals surface area contributed by atoms with Gasteiger partial charge in [0.15, 0.2) is 0 Å². The highest BCUT2D eigenvalue weighted by molar-refractivity contribution is 6.04. The number of anilines is 1. The summed E-state index contributed by atoms with van der Waals surface area (Å²) in [5, 5.41) is 2.57. The SMILES string of the molecule is O=C(Nc1ccc(C(F)(F)F)cc1)c1ccc(CN2CCCC2=O)cc1. The molecule has 1 aliphatic heterocycles. The van der Waals surface area contributed by atoms with Crippen molar-refractivity contribution in [1.29, 1.82) is 0 Å². The smallest absolute Gasteiger partial charge is 0.338 e. The summed E-state index contributed by atoms with van der Waals surface area (Å²) in [7, 11) is 0. The standard InChI is InChI=1S/C19H17F3N2O2/c20-19(21,22)15-7-9-16(10-8-15)23-18(26)14-5-3-13(4-6-14)12-24-11-1-2-17(24)25/h3-10H,1-2,11-12H2,(H,23,26). The summed E-state index contributed by atoms with van der Waals surface area (Å²) in [5.74, 6) is -0.275. The maximum absolute atomic E-state index is 12.5. The molecule has 0 aromatic heterocycles. The van der Waals surface area contributed by atoms with Crippen molar-refractivity contribution in [2.45, 2.75) is 25.6 Å². The van der Waals surface area contributed by atoms with Gasteiger partial charge in [0.25, 0.3) is 5.91 Å². The highest BCUT2D eigenvalue weighted by atomic mass is 19.4. The summed E-state index contributed by atoms with van der Waals surface area (Å²) in [6.45, 7) is 1.26. The number of carbonyl (C=O) groups is 2. The number of benzene rings is 2. The molecule has 2 aromatic carbocycles. The predicted octanol–water partition coefficient (Wildman–Crippen LogP) is 4.08. The van der Waals surface area contributed by atoms with Gasteiger partial charge in [-0.25, -0.2) is 0 Å². The van der Waals surface area contributed by atoms with Gasteiger partial charge < -0.3 is 10.2 Å². The molecular formula is C19H17F3N2O2. The average molecular weight is 362 g/mol. The van der Waals surface area contributed by atoms with Crippen molar-refractivity contribution in [3.05, 3.63) is 65.2 Å². The molecule has 1 N–H and O–H groups in total. The number of alkyl halides is 3. The van der Waals surface area contributed by atoms with Gasteiger partial charge in [-0.15, -0.1) is 0 Å². The molecule has 0 spiro atoms. The van der Waals surface area contributed by atoms with E-state index in [0.717, 1.165) is 30.7 Å². The molecule has 0 bridgehead atoms. The van der Waals surface area contributed by atoms with Gasteiger partial charge in [0.2, 0.25) is 5.91 Å². The quantitative estimate of drug-likeness (QED) is 0.891. The predicted molar refractivity (Wildman–Crippen MR) is 90.5 cm³/mol. The first-order valence-electron chi connectivity index (χ1n) is 8.18. The number of nitrogens with one attached hydrogen (secondary N) is 1. The summed E-state index contributed by atoms with van der Waals surface area (Å²) in [4.78, 5) is 25.6. The molecule has 3 rings (SSSR count). The van der Waals surface area contributed by atoms with Crippen LogP contribution in [0.15, 0.2) is 48.5 Å². The molecule has 0 radical (unpaired) electrons. The van der Waals surface area contributed by atoms with Crippen LogP contribution in [0.3, 0.4) is 0 Å². The molecule has 0 saturated carbocycles. The van der Waals surface area contributed by atoms with E-state index in [2.05, 4.69) is 5.32 Å². The third-order valence-electron chi connectivity index (χ3n) is 4.23. The van der Waals surface area contributed by atoms with Crippen molar-refractivity contribution in [2.24, 2.45) is 0 Å². The van der Waals surface area contributed by atoms with Crippen LogP contribution in [0.2, 0.25) is 0 Å².